The molecule has 3 aromatic rings. The molecule has 176 valence electrons. The van der Waals surface area contributed by atoms with Crippen LogP contribution in [-0.4, -0.2) is 60.2 Å². The van der Waals surface area contributed by atoms with Crippen molar-refractivity contribution in [3.05, 3.63) is 77.6 Å². The highest BCUT2D eigenvalue weighted by atomic mass is 19.1. The van der Waals surface area contributed by atoms with E-state index in [2.05, 4.69) is 25.5 Å². The maximum absolute atomic E-state index is 13.6. The third-order valence-corrected chi connectivity index (χ3v) is 6.45. The summed E-state index contributed by atoms with van der Waals surface area (Å²) < 4.78 is 18.8. The Morgan fingerprint density at radius 2 is 2.00 bits per heavy atom. The molecule has 2 aromatic carbocycles. The number of hydrogen-bond donors (Lipinski definition) is 3. The molecule has 0 aliphatic carbocycles. The molecule has 0 unspecified atom stereocenters. The van der Waals surface area contributed by atoms with E-state index in [1.54, 1.807) is 31.6 Å². The highest BCUT2D eigenvalue weighted by molar-refractivity contribution is 6.38. The highest BCUT2D eigenvalue weighted by Crippen LogP contribution is 2.40. The summed E-state index contributed by atoms with van der Waals surface area (Å²) in [4.78, 5) is 23.0. The van der Waals surface area contributed by atoms with Gasteiger partial charge in [0.05, 0.1) is 12.2 Å². The zero-order chi connectivity index (χ0) is 23.5. The first-order valence-corrected chi connectivity index (χ1v) is 11.6. The van der Waals surface area contributed by atoms with Crippen LogP contribution in [0.15, 0.2) is 54.9 Å². The summed E-state index contributed by atoms with van der Waals surface area (Å²) in [5, 5.41) is 6.62. The average molecular weight is 462 g/mol. The molecule has 3 heterocycles. The second kappa shape index (κ2) is 9.79. The van der Waals surface area contributed by atoms with Gasteiger partial charge in [-0.2, -0.15) is 0 Å². The van der Waals surface area contributed by atoms with Crippen LogP contribution < -0.4 is 10.6 Å². The maximum atomic E-state index is 13.6. The van der Waals surface area contributed by atoms with Crippen molar-refractivity contribution in [3.63, 3.8) is 0 Å². The van der Waals surface area contributed by atoms with Gasteiger partial charge in [-0.25, -0.2) is 9.37 Å². The summed E-state index contributed by atoms with van der Waals surface area (Å²) >= 11 is 0. The van der Waals surface area contributed by atoms with Gasteiger partial charge in [0.2, 0.25) is 0 Å². The number of anilines is 2. The number of carbonyl (C=O) groups excluding carboxylic acids is 1. The molecule has 0 spiro atoms. The monoisotopic (exact) mass is 461 g/mol. The van der Waals surface area contributed by atoms with Crippen LogP contribution in [-0.2, 0) is 9.53 Å². The van der Waals surface area contributed by atoms with E-state index >= 15 is 0 Å². The number of piperidine rings is 1. The number of amides is 1. The summed E-state index contributed by atoms with van der Waals surface area (Å²) in [6, 6.07) is 12.5. The largest absolute Gasteiger partial charge is 0.383 e. The lowest BCUT2D eigenvalue weighted by Crippen LogP contribution is -2.40. The number of methoxy groups -OCH3 is 1. The van der Waals surface area contributed by atoms with Gasteiger partial charge in [-0.1, -0.05) is 12.1 Å². The molecular weight excluding hydrogens is 433 g/mol. The summed E-state index contributed by atoms with van der Waals surface area (Å²) in [5.74, 6) is 0.0318. The SMILES string of the molecule is COCCN1CCC(Nc2ccc3c(c2)C(=C(c2ccc(F)cc2)c2ncc[nH]2)C(=O)N3)CC1. The highest BCUT2D eigenvalue weighted by Gasteiger charge is 2.30. The van der Waals surface area contributed by atoms with Crippen LogP contribution in [0.25, 0.3) is 11.1 Å². The lowest BCUT2D eigenvalue weighted by Gasteiger charge is -2.32. The van der Waals surface area contributed by atoms with E-state index in [0.29, 0.717) is 23.0 Å². The van der Waals surface area contributed by atoms with Crippen LogP contribution >= 0.6 is 0 Å². The number of rotatable bonds is 7. The van der Waals surface area contributed by atoms with Crippen LogP contribution in [0.4, 0.5) is 15.8 Å². The molecule has 1 aromatic heterocycles. The fourth-order valence-corrected chi connectivity index (χ4v) is 4.68. The molecular formula is C26H28FN5O2. The van der Waals surface area contributed by atoms with Gasteiger partial charge >= 0.3 is 0 Å². The fourth-order valence-electron chi connectivity index (χ4n) is 4.68. The topological polar surface area (TPSA) is 82.3 Å². The Morgan fingerprint density at radius 3 is 2.71 bits per heavy atom. The lowest BCUT2D eigenvalue weighted by molar-refractivity contribution is -0.110. The number of H-pyrrole nitrogens is 1. The molecule has 0 radical (unpaired) electrons. The third kappa shape index (κ3) is 4.60. The lowest BCUT2D eigenvalue weighted by atomic mass is 9.94. The maximum Gasteiger partial charge on any atom is 0.257 e. The minimum absolute atomic E-state index is 0.200. The van der Waals surface area contributed by atoms with Crippen molar-refractivity contribution in [2.75, 3.05) is 44.0 Å². The van der Waals surface area contributed by atoms with Crippen molar-refractivity contribution < 1.29 is 13.9 Å². The van der Waals surface area contributed by atoms with Crippen LogP contribution in [0.2, 0.25) is 0 Å². The molecule has 0 bridgehead atoms. The molecule has 8 heteroatoms. The first-order chi connectivity index (χ1) is 16.6. The Labute approximate surface area is 198 Å². The van der Waals surface area contributed by atoms with E-state index in [-0.39, 0.29) is 11.7 Å². The van der Waals surface area contributed by atoms with Gasteiger partial charge in [0, 0.05) is 67.7 Å². The second-order valence-electron chi connectivity index (χ2n) is 8.66. The van der Waals surface area contributed by atoms with Gasteiger partial charge in [0.25, 0.3) is 5.91 Å². The first kappa shape index (κ1) is 22.3. The predicted octanol–water partition coefficient (Wildman–Crippen LogP) is 3.98. The Bertz CT molecular complexity index is 1180. The van der Waals surface area contributed by atoms with Gasteiger partial charge in [-0.15, -0.1) is 0 Å². The molecule has 7 nitrogen and oxygen atoms in total. The zero-order valence-electron chi connectivity index (χ0n) is 19.1. The van der Waals surface area contributed by atoms with E-state index in [9.17, 15) is 9.18 Å². The summed E-state index contributed by atoms with van der Waals surface area (Å²) in [7, 11) is 1.73. The molecule has 0 saturated carbocycles. The smallest absolute Gasteiger partial charge is 0.257 e. The van der Waals surface area contributed by atoms with E-state index in [1.807, 2.05) is 18.2 Å². The van der Waals surface area contributed by atoms with Crippen LogP contribution in [0, 0.1) is 5.82 Å². The Kier molecular flexibility index (Phi) is 6.42. The number of fused-ring (bicyclic) bond motifs is 1. The van der Waals surface area contributed by atoms with Crippen molar-refractivity contribution >= 4 is 28.4 Å². The van der Waals surface area contributed by atoms with Gasteiger partial charge < -0.3 is 25.3 Å². The number of carbonyl (C=O) groups is 1. The zero-order valence-corrected chi connectivity index (χ0v) is 19.1. The van der Waals surface area contributed by atoms with Gasteiger partial charge in [-0.3, -0.25) is 4.79 Å². The number of aromatic nitrogens is 2. The molecule has 2 aliphatic heterocycles. The standard InChI is InChI=1S/C26H28FN5O2/c1-34-15-14-32-12-8-19(9-13-32)30-20-6-7-22-21(16-20)24(26(33)31-22)23(25-28-10-11-29-25)17-2-4-18(27)5-3-17/h2-7,10-11,16,19,30H,8-9,12-15H2,1H3,(H,28,29)(H,31,33). The Balaban J connectivity index is 1.45. The summed E-state index contributed by atoms with van der Waals surface area (Å²) in [6.45, 7) is 3.78. The van der Waals surface area contributed by atoms with Crippen molar-refractivity contribution in [1.82, 2.24) is 14.9 Å². The summed E-state index contributed by atoms with van der Waals surface area (Å²) in [5.41, 5.74) is 4.42. The van der Waals surface area contributed by atoms with Gasteiger partial charge in [-0.05, 0) is 48.7 Å². The molecule has 3 N–H and O–H groups in total. The minimum atomic E-state index is -0.330. The van der Waals surface area contributed by atoms with Gasteiger partial charge in [0.15, 0.2) is 0 Å². The van der Waals surface area contributed by atoms with Crippen molar-refractivity contribution in [2.24, 2.45) is 0 Å². The number of imidazole rings is 1. The van der Waals surface area contributed by atoms with Crippen LogP contribution in [0.1, 0.15) is 29.8 Å². The number of ether oxygens (including phenoxy) is 1. The van der Waals surface area contributed by atoms with E-state index < -0.39 is 0 Å². The van der Waals surface area contributed by atoms with Crippen molar-refractivity contribution in [1.29, 1.82) is 0 Å². The number of nitrogens with zero attached hydrogens (tertiary/aromatic N) is 2. The number of likely N-dealkylation sites (tertiary alicyclic amines) is 1. The van der Waals surface area contributed by atoms with Crippen LogP contribution in [0.3, 0.4) is 0 Å². The molecule has 1 amide bonds. The Morgan fingerprint density at radius 1 is 1.21 bits per heavy atom. The van der Waals surface area contributed by atoms with Gasteiger partial charge in [0.1, 0.15) is 11.6 Å². The molecule has 2 aliphatic rings. The van der Waals surface area contributed by atoms with Crippen molar-refractivity contribution in [2.45, 2.75) is 18.9 Å². The first-order valence-electron chi connectivity index (χ1n) is 11.6. The third-order valence-electron chi connectivity index (χ3n) is 6.45. The van der Waals surface area contributed by atoms with E-state index in [1.165, 1.54) is 12.1 Å². The minimum Gasteiger partial charge on any atom is -0.383 e. The van der Waals surface area contributed by atoms with Crippen LogP contribution in [0.5, 0.6) is 0 Å². The van der Waals surface area contributed by atoms with E-state index in [0.717, 1.165) is 61.6 Å². The number of benzene rings is 2. The number of nitrogens with one attached hydrogen (secondary N) is 3. The number of aromatic amines is 1. The second-order valence-corrected chi connectivity index (χ2v) is 8.66. The molecule has 0 atom stereocenters. The normalized spacial score (nSPS) is 18.0. The van der Waals surface area contributed by atoms with E-state index in [4.69, 9.17) is 4.74 Å². The Hall–Kier alpha value is -3.49. The number of halogens is 1. The fraction of sp³-hybridized carbons (Fsp3) is 0.308. The predicted molar refractivity (Wildman–Crippen MR) is 131 cm³/mol. The molecule has 1 fully saturated rings. The average Bonchev–Trinajstić information content (AvgIpc) is 3.49. The molecule has 34 heavy (non-hydrogen) atoms. The quantitative estimate of drug-likeness (QED) is 0.464. The van der Waals surface area contributed by atoms with Crippen molar-refractivity contribution in [3.8, 4) is 0 Å². The molecule has 1 saturated heterocycles. The number of hydrogen-bond acceptors (Lipinski definition) is 5. The summed E-state index contributed by atoms with van der Waals surface area (Å²) in [6.07, 6.45) is 5.45. The molecule has 5 rings (SSSR count).